The van der Waals surface area contributed by atoms with Crippen molar-refractivity contribution in [1.82, 2.24) is 20.0 Å². The van der Waals surface area contributed by atoms with Gasteiger partial charge in [-0.15, -0.1) is 10.2 Å². The Balaban J connectivity index is 0.965. The highest BCUT2D eigenvalue weighted by atomic mass is 19.4. The highest BCUT2D eigenvalue weighted by Gasteiger charge is 2.51. The van der Waals surface area contributed by atoms with Gasteiger partial charge in [0.2, 0.25) is 0 Å². The minimum Gasteiger partial charge on any atom is -0.494 e. The fraction of sp³-hybridized carbons (Fsp3) is 0.541. The average molecular weight is 648 g/mol. The number of piperazine rings is 1. The van der Waals surface area contributed by atoms with E-state index in [0.717, 1.165) is 24.3 Å². The molecule has 1 aromatic heterocycles. The number of amides is 1. The zero-order valence-electron chi connectivity index (χ0n) is 27.3. The zero-order chi connectivity index (χ0) is 32.8. The molecule has 4 aliphatic carbocycles. The zero-order valence-corrected chi connectivity index (χ0v) is 27.3. The molecule has 4 saturated carbocycles. The molecule has 0 N–H and O–H groups in total. The SMILES string of the molecule is CCOc1cccc(-c2cc(CN3CCN(c4ccc(C(=O)N(C)CC56CC7CC(CC(C7)C5)C6)nn4)CC3)cc(C(F)(F)F)c2)c1. The molecule has 2 heterocycles. The van der Waals surface area contributed by atoms with Gasteiger partial charge in [0.25, 0.3) is 5.91 Å². The van der Waals surface area contributed by atoms with E-state index in [0.29, 0.717) is 73.3 Å². The van der Waals surface area contributed by atoms with Gasteiger partial charge in [-0.25, -0.2) is 0 Å². The van der Waals surface area contributed by atoms with Crippen molar-refractivity contribution in [3.8, 4) is 16.9 Å². The maximum absolute atomic E-state index is 13.9. The topological polar surface area (TPSA) is 61.8 Å². The Morgan fingerprint density at radius 1 is 0.915 bits per heavy atom. The van der Waals surface area contributed by atoms with Crippen molar-refractivity contribution in [1.29, 1.82) is 0 Å². The fourth-order valence-electron chi connectivity index (χ4n) is 9.30. The molecule has 0 atom stereocenters. The quantitative estimate of drug-likeness (QED) is 0.246. The third-order valence-corrected chi connectivity index (χ3v) is 10.9. The molecule has 47 heavy (non-hydrogen) atoms. The molecule has 1 saturated heterocycles. The molecule has 250 valence electrons. The predicted molar refractivity (Wildman–Crippen MR) is 175 cm³/mol. The molecule has 0 unspecified atom stereocenters. The van der Waals surface area contributed by atoms with Gasteiger partial charge in [-0.1, -0.05) is 12.1 Å². The first-order valence-corrected chi connectivity index (χ1v) is 17.1. The minimum atomic E-state index is -4.45. The van der Waals surface area contributed by atoms with Crippen molar-refractivity contribution in [3.63, 3.8) is 0 Å². The predicted octanol–water partition coefficient (Wildman–Crippen LogP) is 7.17. The lowest BCUT2D eigenvalue weighted by molar-refractivity contribution is -0.137. The summed E-state index contributed by atoms with van der Waals surface area (Å²) in [6.45, 7) is 6.23. The molecule has 7 nitrogen and oxygen atoms in total. The summed E-state index contributed by atoms with van der Waals surface area (Å²) in [5, 5.41) is 8.75. The number of halogens is 3. The Bertz CT molecular complexity index is 1550. The molecule has 4 bridgehead atoms. The van der Waals surface area contributed by atoms with Crippen molar-refractivity contribution in [2.24, 2.45) is 23.2 Å². The fourth-order valence-corrected chi connectivity index (χ4v) is 9.30. The highest BCUT2D eigenvalue weighted by Crippen LogP contribution is 2.60. The standard InChI is InChI=1S/C37H44F3N5O2/c1-3-47-32-6-4-5-29(19-32)30-16-28(17-31(18-30)37(38,39)40)23-44-9-11-45(12-10-44)34-8-7-33(41-42-34)35(46)43(2)24-36-20-25-13-26(21-36)15-27(14-25)22-36/h4-8,16-19,25-27H,3,9-15,20-24H2,1-2H3. The van der Waals surface area contributed by atoms with Crippen LogP contribution in [0.25, 0.3) is 11.1 Å². The van der Waals surface area contributed by atoms with Gasteiger partial charge in [-0.3, -0.25) is 9.69 Å². The van der Waals surface area contributed by atoms with E-state index >= 15 is 0 Å². The van der Waals surface area contributed by atoms with Crippen LogP contribution in [0.3, 0.4) is 0 Å². The van der Waals surface area contributed by atoms with E-state index < -0.39 is 11.7 Å². The van der Waals surface area contributed by atoms with Gasteiger partial charge in [0.05, 0.1) is 12.2 Å². The van der Waals surface area contributed by atoms with Crippen molar-refractivity contribution in [2.45, 2.75) is 58.2 Å². The van der Waals surface area contributed by atoms with Crippen LogP contribution in [0.4, 0.5) is 19.0 Å². The molecule has 1 amide bonds. The molecule has 2 aromatic carbocycles. The molecule has 5 aliphatic rings. The van der Waals surface area contributed by atoms with Crippen LogP contribution in [0.2, 0.25) is 0 Å². The Hall–Kier alpha value is -3.66. The molecule has 8 rings (SSSR count). The van der Waals surface area contributed by atoms with Gasteiger partial charge >= 0.3 is 6.18 Å². The maximum atomic E-state index is 13.9. The van der Waals surface area contributed by atoms with Crippen LogP contribution in [0.15, 0.2) is 54.6 Å². The summed E-state index contributed by atoms with van der Waals surface area (Å²) >= 11 is 0. The first kappa shape index (κ1) is 31.9. The van der Waals surface area contributed by atoms with Gasteiger partial charge in [-0.05, 0) is 128 Å². The summed E-state index contributed by atoms with van der Waals surface area (Å²) < 4.78 is 47.3. The number of anilines is 1. The van der Waals surface area contributed by atoms with E-state index in [4.69, 9.17) is 4.74 Å². The number of rotatable bonds is 9. The van der Waals surface area contributed by atoms with Crippen LogP contribution in [0.5, 0.6) is 5.75 Å². The summed E-state index contributed by atoms with van der Waals surface area (Å²) in [5.74, 6) is 3.79. The number of hydrogen-bond acceptors (Lipinski definition) is 6. The number of aromatic nitrogens is 2. The highest BCUT2D eigenvalue weighted by molar-refractivity contribution is 5.92. The largest absolute Gasteiger partial charge is 0.494 e. The van der Waals surface area contributed by atoms with Crippen LogP contribution in [0.1, 0.15) is 67.1 Å². The van der Waals surface area contributed by atoms with Gasteiger partial charge in [0.1, 0.15) is 5.75 Å². The first-order chi connectivity index (χ1) is 22.6. The average Bonchev–Trinajstić information content (AvgIpc) is 3.04. The lowest BCUT2D eigenvalue weighted by Crippen LogP contribution is -2.51. The Morgan fingerprint density at radius 2 is 1.62 bits per heavy atom. The van der Waals surface area contributed by atoms with E-state index in [-0.39, 0.29) is 11.3 Å². The van der Waals surface area contributed by atoms with Crippen LogP contribution in [-0.2, 0) is 12.7 Å². The van der Waals surface area contributed by atoms with Gasteiger partial charge in [0, 0.05) is 46.3 Å². The summed E-state index contributed by atoms with van der Waals surface area (Å²) in [5.41, 5.74) is 1.81. The lowest BCUT2D eigenvalue weighted by Gasteiger charge is -2.57. The second-order valence-electron chi connectivity index (χ2n) is 14.5. The minimum absolute atomic E-state index is 0.0744. The number of nitrogens with zero attached hydrogens (tertiary/aromatic N) is 5. The number of alkyl halides is 3. The van der Waals surface area contributed by atoms with Gasteiger partial charge < -0.3 is 14.5 Å². The van der Waals surface area contributed by atoms with Gasteiger partial charge in [0.15, 0.2) is 11.5 Å². The maximum Gasteiger partial charge on any atom is 0.416 e. The molecular weight excluding hydrogens is 603 g/mol. The third-order valence-electron chi connectivity index (χ3n) is 10.9. The van der Waals surface area contributed by atoms with Crippen LogP contribution >= 0.6 is 0 Å². The van der Waals surface area contributed by atoms with E-state index in [1.807, 2.05) is 37.1 Å². The number of hydrogen-bond donors (Lipinski definition) is 0. The van der Waals surface area contributed by atoms with Crippen LogP contribution in [0, 0.1) is 23.2 Å². The number of benzene rings is 2. The van der Waals surface area contributed by atoms with E-state index in [1.54, 1.807) is 24.3 Å². The van der Waals surface area contributed by atoms with Crippen molar-refractivity contribution in [2.75, 3.05) is 51.3 Å². The number of carbonyl (C=O) groups is 1. The molecule has 0 spiro atoms. The molecule has 3 aromatic rings. The summed E-state index contributed by atoms with van der Waals surface area (Å²) in [4.78, 5) is 19.5. The Kier molecular flexibility index (Phi) is 8.66. The lowest BCUT2D eigenvalue weighted by atomic mass is 9.49. The second-order valence-corrected chi connectivity index (χ2v) is 14.5. The van der Waals surface area contributed by atoms with Crippen molar-refractivity contribution >= 4 is 11.7 Å². The Labute approximate surface area is 275 Å². The van der Waals surface area contributed by atoms with Gasteiger partial charge in [-0.2, -0.15) is 13.2 Å². The summed E-state index contributed by atoms with van der Waals surface area (Å²) in [6, 6.07) is 15.1. The van der Waals surface area contributed by atoms with Crippen molar-refractivity contribution < 1.29 is 22.7 Å². The number of carbonyl (C=O) groups excluding carboxylic acids is 1. The molecule has 1 aliphatic heterocycles. The van der Waals surface area contributed by atoms with E-state index in [2.05, 4.69) is 20.0 Å². The number of ether oxygens (including phenoxy) is 1. The van der Waals surface area contributed by atoms with Crippen LogP contribution in [-0.4, -0.2) is 72.3 Å². The van der Waals surface area contributed by atoms with E-state index in [9.17, 15) is 18.0 Å². The first-order valence-electron chi connectivity index (χ1n) is 17.1. The normalized spacial score (nSPS) is 25.6. The second kappa shape index (κ2) is 12.7. The smallest absolute Gasteiger partial charge is 0.416 e. The van der Waals surface area contributed by atoms with E-state index in [1.165, 1.54) is 50.7 Å². The third kappa shape index (κ3) is 6.98. The molecule has 0 radical (unpaired) electrons. The van der Waals surface area contributed by atoms with Crippen molar-refractivity contribution in [3.05, 3.63) is 71.4 Å². The Morgan fingerprint density at radius 3 is 2.23 bits per heavy atom. The summed E-state index contributed by atoms with van der Waals surface area (Å²) in [7, 11) is 1.90. The molecule has 10 heteroatoms. The molecular formula is C37H44F3N5O2. The molecule has 5 fully saturated rings. The monoisotopic (exact) mass is 647 g/mol. The summed E-state index contributed by atoms with van der Waals surface area (Å²) in [6.07, 6.45) is 3.47. The van der Waals surface area contributed by atoms with Crippen LogP contribution < -0.4 is 9.64 Å².